The average molecular weight is 843 g/mol. The summed E-state index contributed by atoms with van der Waals surface area (Å²) in [6, 6.07) is 0. The molecule has 3 atom stereocenters. The summed E-state index contributed by atoms with van der Waals surface area (Å²) in [5.74, 6) is -1.07. The number of phosphoric acid groups is 1. The third kappa shape index (κ3) is 42.3. The maximum Gasteiger partial charge on any atom is 0.472 e. The van der Waals surface area contributed by atoms with Crippen molar-refractivity contribution in [2.24, 2.45) is 0 Å². The van der Waals surface area contributed by atoms with Crippen LogP contribution >= 0.6 is 7.82 Å². The molecule has 0 aromatic rings. The number of ether oxygens (including phenoxy) is 2. The predicted octanol–water partition coefficient (Wildman–Crippen LogP) is 11.6. The van der Waals surface area contributed by atoms with Gasteiger partial charge in [-0.05, 0) is 89.9 Å². The largest absolute Gasteiger partial charge is 0.472 e. The molecule has 0 saturated carbocycles. The number of hydrogen-bond donors (Lipinski definition) is 3. The molecule has 0 aromatic carbocycles. The lowest BCUT2D eigenvalue weighted by molar-refractivity contribution is -0.161. The molecule has 0 aliphatic rings. The van der Waals surface area contributed by atoms with Gasteiger partial charge in [-0.1, -0.05) is 148 Å². The number of esters is 2. The second kappa shape index (κ2) is 42.5. The molecule has 3 N–H and O–H groups in total. The number of allylic oxidation sites excluding steroid dienone is 20. The van der Waals surface area contributed by atoms with Gasteiger partial charge in [0.2, 0.25) is 0 Å². The predicted molar refractivity (Wildman–Crippen MR) is 242 cm³/mol. The van der Waals surface area contributed by atoms with Gasteiger partial charge in [0.1, 0.15) is 12.7 Å². The average Bonchev–Trinajstić information content (AvgIpc) is 3.22. The normalized spacial score (nSPS) is 15.0. The highest BCUT2D eigenvalue weighted by Crippen LogP contribution is 2.43. The minimum absolute atomic E-state index is 0.102. The molecule has 10 nitrogen and oxygen atoms in total. The number of carbonyl (C=O) groups is 2. The zero-order valence-corrected chi connectivity index (χ0v) is 36.8. The van der Waals surface area contributed by atoms with Gasteiger partial charge in [-0.3, -0.25) is 18.6 Å². The molecule has 332 valence electrons. The highest BCUT2D eigenvalue weighted by atomic mass is 31.2. The Morgan fingerprint density at radius 1 is 0.508 bits per heavy atom. The van der Waals surface area contributed by atoms with Crippen LogP contribution in [0.25, 0.3) is 0 Å². The maximum absolute atomic E-state index is 12.6. The van der Waals surface area contributed by atoms with E-state index in [0.29, 0.717) is 12.8 Å². The van der Waals surface area contributed by atoms with E-state index in [9.17, 15) is 24.2 Å². The van der Waals surface area contributed by atoms with E-state index in [1.54, 1.807) is 0 Å². The van der Waals surface area contributed by atoms with E-state index < -0.39 is 51.8 Å². The summed E-state index contributed by atoms with van der Waals surface area (Å²) in [4.78, 5) is 35.0. The molecular weight excluding hydrogens is 767 g/mol. The summed E-state index contributed by atoms with van der Waals surface area (Å²) in [6.45, 7) is 2.00. The van der Waals surface area contributed by atoms with Crippen LogP contribution < -0.4 is 0 Å². The molecule has 0 fully saturated rings. The van der Waals surface area contributed by atoms with Gasteiger partial charge >= 0.3 is 19.8 Å². The fraction of sp³-hybridized carbons (Fsp3) is 0.542. The number of carbonyl (C=O) groups excluding carboxylic acids is 2. The van der Waals surface area contributed by atoms with Crippen LogP contribution in [0.5, 0.6) is 0 Å². The van der Waals surface area contributed by atoms with Gasteiger partial charge < -0.3 is 24.6 Å². The monoisotopic (exact) mass is 843 g/mol. The first kappa shape index (κ1) is 55.4. The fourth-order valence-corrected chi connectivity index (χ4v) is 5.68. The van der Waals surface area contributed by atoms with Crippen LogP contribution in [0.1, 0.15) is 129 Å². The Labute approximate surface area is 356 Å². The van der Waals surface area contributed by atoms with Crippen LogP contribution in [0, 0.1) is 0 Å². The summed E-state index contributed by atoms with van der Waals surface area (Å²) in [6.07, 6.45) is 54.6. The lowest BCUT2D eigenvalue weighted by Crippen LogP contribution is -2.29. The Bertz CT molecular complexity index is 1390. The van der Waals surface area contributed by atoms with E-state index in [-0.39, 0.29) is 19.4 Å². The lowest BCUT2D eigenvalue weighted by Gasteiger charge is -2.20. The Hall–Kier alpha value is -3.63. The summed E-state index contributed by atoms with van der Waals surface area (Å²) in [5, 5.41) is 18.3. The molecule has 1 unspecified atom stereocenters. The highest BCUT2D eigenvalue weighted by Gasteiger charge is 2.27. The SMILES string of the molecule is CC/C=C\C/C=C\C/C=C\C/C=C\C/C=C\C/C=C\CCC(=O)OC[C@H](COP(=O)(O)OC[C@@H](O)CO)OC(=O)CCCCCC/C=C\C/C=C\C/C=C\C/C=C\CC. The van der Waals surface area contributed by atoms with Gasteiger partial charge in [-0.2, -0.15) is 0 Å². The van der Waals surface area contributed by atoms with Crippen LogP contribution in [-0.4, -0.2) is 65.7 Å². The third-order valence-corrected chi connectivity index (χ3v) is 9.08. The Balaban J connectivity index is 4.50. The number of unbranched alkanes of at least 4 members (excludes halogenated alkanes) is 4. The van der Waals surface area contributed by atoms with Crippen LogP contribution in [-0.2, 0) is 32.7 Å². The topological polar surface area (TPSA) is 149 Å². The number of phosphoric ester groups is 1. The van der Waals surface area contributed by atoms with Crippen molar-refractivity contribution in [3.8, 4) is 0 Å². The number of hydrogen-bond acceptors (Lipinski definition) is 9. The first-order chi connectivity index (χ1) is 28.7. The Morgan fingerprint density at radius 2 is 0.915 bits per heavy atom. The van der Waals surface area contributed by atoms with Crippen molar-refractivity contribution < 1.29 is 47.8 Å². The van der Waals surface area contributed by atoms with Crippen molar-refractivity contribution in [1.29, 1.82) is 0 Å². The molecule has 0 saturated heterocycles. The van der Waals surface area contributed by atoms with Gasteiger partial charge in [0.05, 0.1) is 19.8 Å². The minimum Gasteiger partial charge on any atom is -0.462 e. The second-order valence-electron chi connectivity index (χ2n) is 13.6. The Kier molecular flexibility index (Phi) is 39.9. The fourth-order valence-electron chi connectivity index (χ4n) is 4.89. The van der Waals surface area contributed by atoms with Gasteiger partial charge in [-0.15, -0.1) is 0 Å². The van der Waals surface area contributed by atoms with E-state index in [1.807, 2.05) is 12.2 Å². The minimum atomic E-state index is -4.65. The summed E-state index contributed by atoms with van der Waals surface area (Å²) in [7, 11) is -4.65. The van der Waals surface area contributed by atoms with Crippen molar-refractivity contribution in [3.63, 3.8) is 0 Å². The molecule has 0 aromatic heterocycles. The first-order valence-corrected chi connectivity index (χ1v) is 23.0. The summed E-state index contributed by atoms with van der Waals surface area (Å²) < 4.78 is 32.6. The van der Waals surface area contributed by atoms with E-state index in [2.05, 4.69) is 128 Å². The maximum atomic E-state index is 12.6. The quantitative estimate of drug-likeness (QED) is 0.0237. The molecule has 0 bridgehead atoms. The van der Waals surface area contributed by atoms with Crippen LogP contribution in [0.3, 0.4) is 0 Å². The summed E-state index contributed by atoms with van der Waals surface area (Å²) >= 11 is 0. The molecule has 11 heteroatoms. The van der Waals surface area contributed by atoms with Crippen LogP contribution in [0.2, 0.25) is 0 Å². The van der Waals surface area contributed by atoms with Gasteiger partial charge in [0.15, 0.2) is 6.10 Å². The highest BCUT2D eigenvalue weighted by molar-refractivity contribution is 7.47. The molecule has 0 amide bonds. The van der Waals surface area contributed by atoms with Crippen molar-refractivity contribution >= 4 is 19.8 Å². The Morgan fingerprint density at radius 3 is 1.37 bits per heavy atom. The smallest absolute Gasteiger partial charge is 0.462 e. The van der Waals surface area contributed by atoms with E-state index in [0.717, 1.165) is 89.9 Å². The molecule has 0 aliphatic carbocycles. The van der Waals surface area contributed by atoms with Crippen molar-refractivity contribution in [2.45, 2.75) is 142 Å². The number of rotatable bonds is 38. The molecule has 59 heavy (non-hydrogen) atoms. The van der Waals surface area contributed by atoms with Crippen molar-refractivity contribution in [2.75, 3.05) is 26.4 Å². The zero-order valence-electron chi connectivity index (χ0n) is 35.9. The molecular formula is C48H75O10P. The molecule has 0 rings (SSSR count). The number of aliphatic hydroxyl groups is 2. The molecule has 0 aliphatic heterocycles. The van der Waals surface area contributed by atoms with Crippen molar-refractivity contribution in [3.05, 3.63) is 122 Å². The molecule has 0 heterocycles. The first-order valence-electron chi connectivity index (χ1n) is 21.5. The zero-order chi connectivity index (χ0) is 43.3. The van der Waals surface area contributed by atoms with Gasteiger partial charge in [0, 0.05) is 12.8 Å². The molecule has 0 spiro atoms. The van der Waals surface area contributed by atoms with Crippen LogP contribution in [0.4, 0.5) is 0 Å². The lowest BCUT2D eigenvalue weighted by atomic mass is 10.1. The summed E-state index contributed by atoms with van der Waals surface area (Å²) in [5.41, 5.74) is 0. The van der Waals surface area contributed by atoms with Crippen LogP contribution in [0.15, 0.2) is 122 Å². The van der Waals surface area contributed by atoms with Gasteiger partial charge in [0.25, 0.3) is 0 Å². The van der Waals surface area contributed by atoms with E-state index in [1.165, 1.54) is 0 Å². The standard InChI is InChI=1S/C48H75O10P/c1-3-5-7-9-11-13-15-17-19-21-22-24-25-27-29-31-33-35-37-39-47(51)55-43-46(44-57-59(53,54)56-42-45(50)41-49)58-48(52)40-38-36-34-32-30-28-26-23-20-18-16-14-12-10-8-6-4-2/h5-8,11-14,17-20,22,24,26-29,33,35,45-46,49-50H,3-4,9-10,15-16,21,23,25,30-32,34,36-44H2,1-2H3,(H,53,54)/b7-5-,8-6-,13-11-,14-12-,19-17-,20-18-,24-22-,28-26-,29-27-,35-33-/t45-,46+/m0/s1. The number of aliphatic hydroxyl groups excluding tert-OH is 2. The molecule has 0 radical (unpaired) electrons. The van der Waals surface area contributed by atoms with Crippen molar-refractivity contribution in [1.82, 2.24) is 0 Å². The van der Waals surface area contributed by atoms with Gasteiger partial charge in [-0.25, -0.2) is 4.57 Å². The second-order valence-corrected chi connectivity index (χ2v) is 15.1. The van der Waals surface area contributed by atoms with E-state index >= 15 is 0 Å². The van der Waals surface area contributed by atoms with E-state index in [4.69, 9.17) is 19.1 Å². The third-order valence-electron chi connectivity index (χ3n) is 8.12.